The summed E-state index contributed by atoms with van der Waals surface area (Å²) in [6.45, 7) is 0. The summed E-state index contributed by atoms with van der Waals surface area (Å²) in [5.41, 5.74) is 11.6. The molecule has 1 heterocycles. The van der Waals surface area contributed by atoms with Gasteiger partial charge in [-0.3, -0.25) is 0 Å². The minimum absolute atomic E-state index is 0. The monoisotopic (exact) mass is 616 g/mol. The van der Waals surface area contributed by atoms with Crippen LogP contribution in [0.25, 0.3) is 34.4 Å². The van der Waals surface area contributed by atoms with Crippen LogP contribution in [0.1, 0.15) is 29.5 Å². The largest absolute Gasteiger partial charge is 1.00 e. The van der Waals surface area contributed by atoms with E-state index in [1.165, 1.54) is 44.0 Å². The van der Waals surface area contributed by atoms with Gasteiger partial charge in [-0.15, -0.1) is 0 Å². The molecule has 8 rings (SSSR count). The van der Waals surface area contributed by atoms with Crippen LogP contribution in [0.5, 0.6) is 0 Å². The minimum atomic E-state index is -0.940. The molecule has 1 aliphatic heterocycles. The maximum atomic E-state index is 2.61. The Morgan fingerprint density at radius 1 is 0.550 bits per heavy atom. The zero-order valence-electron chi connectivity index (χ0n) is 21.6. The van der Waals surface area contributed by atoms with Gasteiger partial charge >= 0.3 is 238 Å². The molecular weight excluding hydrogens is 593 g/mol. The molecule has 0 aromatic heterocycles. The Morgan fingerprint density at radius 2 is 1.20 bits per heavy atom. The van der Waals surface area contributed by atoms with Gasteiger partial charge in [-0.25, -0.2) is 0 Å². The maximum absolute atomic E-state index is 2.61. The van der Waals surface area contributed by atoms with Crippen molar-refractivity contribution in [3.05, 3.63) is 155 Å². The van der Waals surface area contributed by atoms with Gasteiger partial charge in [0.1, 0.15) is 0 Å². The van der Waals surface area contributed by atoms with Crippen LogP contribution in [0.3, 0.4) is 0 Å². The molecular formula is C36H25F2PZr. The molecule has 5 aromatic carbocycles. The second-order valence-corrected chi connectivity index (χ2v) is 16.1. The van der Waals surface area contributed by atoms with Crippen molar-refractivity contribution in [2.75, 3.05) is 0 Å². The fourth-order valence-corrected chi connectivity index (χ4v) is 14.6. The van der Waals surface area contributed by atoms with Crippen molar-refractivity contribution in [2.24, 2.45) is 0 Å². The van der Waals surface area contributed by atoms with Crippen molar-refractivity contribution in [3.8, 4) is 22.3 Å². The average Bonchev–Trinajstić information content (AvgIpc) is 3.52. The zero-order chi connectivity index (χ0) is 25.1. The molecule has 0 amide bonds. The first kappa shape index (κ1) is 26.9. The third-order valence-corrected chi connectivity index (χ3v) is 15.8. The molecule has 0 fully saturated rings. The Hall–Kier alpha value is -3.25. The van der Waals surface area contributed by atoms with Gasteiger partial charge in [0.15, 0.2) is 0 Å². The third kappa shape index (κ3) is 4.23. The van der Waals surface area contributed by atoms with Crippen LogP contribution < -0.4 is 20.0 Å². The number of fused-ring (bicyclic) bond motifs is 4. The van der Waals surface area contributed by atoms with E-state index < -0.39 is 31.2 Å². The maximum Gasteiger partial charge on any atom is -1.00 e. The smallest absolute Gasteiger partial charge is 1.00 e. The number of hydrogen-bond donors (Lipinski definition) is 0. The molecule has 40 heavy (non-hydrogen) atoms. The number of benzene rings is 5. The SMILES string of the molecule is C1=C[CH]([Zr+2][CH]2C3=Cc4c(cccc42)-c2ccccc2P3c2ccccc2)c2cccc(-c3ccccc3)c21.[F-].[F-]. The van der Waals surface area contributed by atoms with Crippen LogP contribution in [-0.2, 0) is 23.2 Å². The van der Waals surface area contributed by atoms with Gasteiger partial charge in [0.05, 0.1) is 0 Å². The van der Waals surface area contributed by atoms with Gasteiger partial charge < -0.3 is 9.41 Å². The van der Waals surface area contributed by atoms with Gasteiger partial charge in [0, 0.05) is 0 Å². The van der Waals surface area contributed by atoms with Crippen LogP contribution in [0.2, 0.25) is 0 Å². The molecule has 0 nitrogen and oxygen atoms in total. The van der Waals surface area contributed by atoms with Crippen LogP contribution in [0.4, 0.5) is 0 Å². The molecule has 3 atom stereocenters. The van der Waals surface area contributed by atoms with Crippen molar-refractivity contribution >= 4 is 30.7 Å². The standard InChI is InChI=1S/C21H14P.C15H11.2FH.Zr/c1-2-8-16(9-3-1)22-17-13-15-7-6-11-18(20(15)14-17)19-10-4-5-12-21(19)22;1-2-6-12(7-3-1)14-10-4-8-13-9-5-11-15(13)14;;;/h1-14H;1-11H;2*1H;/q;;;;+2/p-2. The number of halogens is 2. The topological polar surface area (TPSA) is 0 Å². The first-order chi connectivity index (χ1) is 18.9. The van der Waals surface area contributed by atoms with E-state index in [4.69, 9.17) is 0 Å². The molecule has 0 N–H and O–H groups in total. The molecule has 0 radical (unpaired) electrons. The summed E-state index contributed by atoms with van der Waals surface area (Å²) in [5.74, 6) is 0. The van der Waals surface area contributed by atoms with Gasteiger partial charge in [-0.05, 0) is 0 Å². The second kappa shape index (κ2) is 11.0. The van der Waals surface area contributed by atoms with Crippen molar-refractivity contribution < 1.29 is 32.6 Å². The minimum Gasteiger partial charge on any atom is -1.00 e. The van der Waals surface area contributed by atoms with Crippen molar-refractivity contribution in [2.45, 2.75) is 7.25 Å². The first-order valence-electron chi connectivity index (χ1n) is 13.3. The van der Waals surface area contributed by atoms with E-state index >= 15 is 0 Å². The molecule has 192 valence electrons. The predicted molar refractivity (Wildman–Crippen MR) is 159 cm³/mol. The van der Waals surface area contributed by atoms with Crippen molar-refractivity contribution in [1.82, 2.24) is 0 Å². The molecule has 3 unspecified atom stereocenters. The Balaban J connectivity index is 0.00000145. The summed E-state index contributed by atoms with van der Waals surface area (Å²) in [5, 5.41) is 4.69. The van der Waals surface area contributed by atoms with Gasteiger partial charge in [0.2, 0.25) is 0 Å². The van der Waals surface area contributed by atoms with Gasteiger partial charge in [-0.1, -0.05) is 0 Å². The Labute approximate surface area is 246 Å². The summed E-state index contributed by atoms with van der Waals surface area (Å²) in [4.78, 5) is 0. The fraction of sp³-hybridized carbons (Fsp3) is 0.0556. The van der Waals surface area contributed by atoms with Gasteiger partial charge in [-0.2, -0.15) is 0 Å². The Kier molecular flexibility index (Phi) is 7.39. The van der Waals surface area contributed by atoms with Crippen molar-refractivity contribution in [3.63, 3.8) is 0 Å². The number of allylic oxidation sites excluding steroid dienone is 2. The Morgan fingerprint density at radius 3 is 2.00 bits per heavy atom. The third-order valence-electron chi connectivity index (χ3n) is 8.11. The van der Waals surface area contributed by atoms with Crippen LogP contribution in [-0.4, -0.2) is 0 Å². The average molecular weight is 618 g/mol. The quantitative estimate of drug-likeness (QED) is 0.272. The van der Waals surface area contributed by atoms with E-state index in [0.29, 0.717) is 7.25 Å². The second-order valence-electron chi connectivity index (χ2n) is 10.2. The zero-order valence-corrected chi connectivity index (χ0v) is 25.0. The number of hydrogen-bond acceptors (Lipinski definition) is 0. The molecule has 0 saturated heterocycles. The predicted octanol–water partition coefficient (Wildman–Crippen LogP) is 2.72. The molecule has 3 aliphatic rings. The normalized spacial score (nSPS) is 18.8. The van der Waals surface area contributed by atoms with E-state index in [1.54, 1.807) is 16.4 Å². The summed E-state index contributed by atoms with van der Waals surface area (Å²) in [6, 6.07) is 45.4. The molecule has 2 aliphatic carbocycles. The van der Waals surface area contributed by atoms with Crippen molar-refractivity contribution in [1.29, 1.82) is 0 Å². The summed E-state index contributed by atoms with van der Waals surface area (Å²) >= 11 is -0.940. The van der Waals surface area contributed by atoms with Gasteiger partial charge in [0.25, 0.3) is 0 Å². The first-order valence-corrected chi connectivity index (χ1v) is 17.5. The van der Waals surface area contributed by atoms with Crippen LogP contribution in [0.15, 0.2) is 133 Å². The van der Waals surface area contributed by atoms with E-state index in [9.17, 15) is 0 Å². The molecule has 4 heteroatoms. The molecule has 0 saturated carbocycles. The van der Waals surface area contributed by atoms with E-state index in [-0.39, 0.29) is 9.41 Å². The summed E-state index contributed by atoms with van der Waals surface area (Å²) < 4.78 is 1.18. The summed E-state index contributed by atoms with van der Waals surface area (Å²) in [7, 11) is -0.562. The fourth-order valence-electron chi connectivity index (χ4n) is 6.42. The van der Waals surface area contributed by atoms with E-state index in [1.807, 2.05) is 0 Å². The summed E-state index contributed by atoms with van der Waals surface area (Å²) in [6.07, 6.45) is 7.56. The molecule has 5 aromatic rings. The molecule has 4 bridgehead atoms. The van der Waals surface area contributed by atoms with E-state index in [0.717, 1.165) is 0 Å². The van der Waals surface area contributed by atoms with E-state index in [2.05, 4.69) is 140 Å². The van der Waals surface area contributed by atoms with Crippen LogP contribution >= 0.6 is 7.92 Å². The molecule has 0 spiro atoms. The van der Waals surface area contributed by atoms with Crippen LogP contribution in [0, 0.1) is 0 Å². The number of rotatable bonds is 4. The Bertz CT molecular complexity index is 1760.